The highest BCUT2D eigenvalue weighted by molar-refractivity contribution is 5.79. The number of nitrogens with zero attached hydrogens (tertiary/aromatic N) is 1. The van der Waals surface area contributed by atoms with Gasteiger partial charge in [0, 0.05) is 12.7 Å². The standard InChI is InChI=1S/C11H16N2O/c1-3-9-4-6-10(7-5-9)13(2)8-11(12)14/h4-7H,3,8H2,1-2H3,(H2,12,14). The number of hydrogen-bond acceptors (Lipinski definition) is 2. The normalized spacial score (nSPS) is 9.86. The molecule has 0 fully saturated rings. The van der Waals surface area contributed by atoms with Crippen molar-refractivity contribution in [2.45, 2.75) is 13.3 Å². The Morgan fingerprint density at radius 3 is 2.36 bits per heavy atom. The first-order chi connectivity index (χ1) is 6.63. The summed E-state index contributed by atoms with van der Waals surface area (Å²) in [5.41, 5.74) is 7.41. The SMILES string of the molecule is CCc1ccc(N(C)CC(N)=O)cc1. The molecule has 3 nitrogen and oxygen atoms in total. The number of benzene rings is 1. The number of nitrogens with two attached hydrogens (primary N) is 1. The molecule has 0 aliphatic rings. The minimum absolute atomic E-state index is 0.255. The van der Waals surface area contributed by atoms with Crippen molar-refractivity contribution in [2.75, 3.05) is 18.5 Å². The minimum Gasteiger partial charge on any atom is -0.368 e. The van der Waals surface area contributed by atoms with E-state index in [1.807, 2.05) is 24.1 Å². The number of likely N-dealkylation sites (N-methyl/N-ethyl adjacent to an activating group) is 1. The van der Waals surface area contributed by atoms with Gasteiger partial charge in [-0.15, -0.1) is 0 Å². The maximum absolute atomic E-state index is 10.7. The van der Waals surface area contributed by atoms with Gasteiger partial charge in [0.2, 0.25) is 5.91 Å². The zero-order chi connectivity index (χ0) is 10.6. The average molecular weight is 192 g/mol. The smallest absolute Gasteiger partial charge is 0.236 e. The van der Waals surface area contributed by atoms with Crippen LogP contribution in [0, 0.1) is 0 Å². The molecule has 0 aliphatic heterocycles. The summed E-state index contributed by atoms with van der Waals surface area (Å²) in [6, 6.07) is 8.13. The van der Waals surface area contributed by atoms with Gasteiger partial charge in [0.15, 0.2) is 0 Å². The second-order valence-corrected chi connectivity index (χ2v) is 3.34. The van der Waals surface area contributed by atoms with Crippen LogP contribution in [0.15, 0.2) is 24.3 Å². The Morgan fingerprint density at radius 1 is 1.36 bits per heavy atom. The van der Waals surface area contributed by atoms with Gasteiger partial charge in [-0.2, -0.15) is 0 Å². The van der Waals surface area contributed by atoms with E-state index in [1.165, 1.54) is 5.56 Å². The molecule has 0 spiro atoms. The molecule has 76 valence electrons. The third kappa shape index (κ3) is 2.76. The van der Waals surface area contributed by atoms with Crippen molar-refractivity contribution in [1.82, 2.24) is 0 Å². The highest BCUT2D eigenvalue weighted by Gasteiger charge is 2.03. The fourth-order valence-corrected chi connectivity index (χ4v) is 1.31. The molecule has 0 radical (unpaired) electrons. The molecule has 0 bridgehead atoms. The van der Waals surface area contributed by atoms with E-state index in [1.54, 1.807) is 0 Å². The Hall–Kier alpha value is -1.51. The van der Waals surface area contributed by atoms with E-state index < -0.39 is 0 Å². The lowest BCUT2D eigenvalue weighted by Gasteiger charge is -2.17. The lowest BCUT2D eigenvalue weighted by atomic mass is 10.1. The van der Waals surface area contributed by atoms with Crippen molar-refractivity contribution in [1.29, 1.82) is 0 Å². The number of amides is 1. The molecule has 0 aromatic heterocycles. The van der Waals surface area contributed by atoms with Gasteiger partial charge >= 0.3 is 0 Å². The van der Waals surface area contributed by atoms with Crippen molar-refractivity contribution >= 4 is 11.6 Å². The van der Waals surface area contributed by atoms with Gasteiger partial charge in [-0.1, -0.05) is 19.1 Å². The van der Waals surface area contributed by atoms with Gasteiger partial charge in [-0.05, 0) is 24.1 Å². The Kier molecular flexibility index (Phi) is 3.51. The van der Waals surface area contributed by atoms with E-state index in [0.29, 0.717) is 0 Å². The molecule has 14 heavy (non-hydrogen) atoms. The first-order valence-corrected chi connectivity index (χ1v) is 4.72. The molecule has 3 heteroatoms. The predicted molar refractivity (Wildman–Crippen MR) is 58.3 cm³/mol. The van der Waals surface area contributed by atoms with Gasteiger partial charge < -0.3 is 10.6 Å². The van der Waals surface area contributed by atoms with Crippen molar-refractivity contribution in [3.8, 4) is 0 Å². The highest BCUT2D eigenvalue weighted by atomic mass is 16.1. The van der Waals surface area contributed by atoms with Crippen LogP contribution in [0.1, 0.15) is 12.5 Å². The molecule has 1 amide bonds. The van der Waals surface area contributed by atoms with Crippen LogP contribution < -0.4 is 10.6 Å². The molecule has 0 unspecified atom stereocenters. The second-order valence-electron chi connectivity index (χ2n) is 3.34. The van der Waals surface area contributed by atoms with Gasteiger partial charge in [0.05, 0.1) is 6.54 Å². The average Bonchev–Trinajstić information content (AvgIpc) is 2.17. The lowest BCUT2D eigenvalue weighted by molar-refractivity contribution is -0.116. The molecular weight excluding hydrogens is 176 g/mol. The summed E-state index contributed by atoms with van der Waals surface area (Å²) in [7, 11) is 1.85. The van der Waals surface area contributed by atoms with Crippen molar-refractivity contribution in [3.05, 3.63) is 29.8 Å². The zero-order valence-corrected chi connectivity index (χ0v) is 8.66. The second kappa shape index (κ2) is 4.65. The van der Waals surface area contributed by atoms with Crippen LogP contribution in [0.25, 0.3) is 0 Å². The Morgan fingerprint density at radius 2 is 1.93 bits per heavy atom. The predicted octanol–water partition coefficient (Wildman–Crippen LogP) is 1.17. The summed E-state index contributed by atoms with van der Waals surface area (Å²) in [5.74, 6) is -0.313. The first-order valence-electron chi connectivity index (χ1n) is 4.72. The van der Waals surface area contributed by atoms with Gasteiger partial charge in [0.1, 0.15) is 0 Å². The summed E-state index contributed by atoms with van der Waals surface area (Å²) in [6.45, 7) is 2.37. The molecule has 0 saturated heterocycles. The molecule has 0 atom stereocenters. The number of anilines is 1. The third-order valence-electron chi connectivity index (χ3n) is 2.18. The highest BCUT2D eigenvalue weighted by Crippen LogP contribution is 2.13. The van der Waals surface area contributed by atoms with Crippen LogP contribution in [0.4, 0.5) is 5.69 Å². The number of carbonyl (C=O) groups is 1. The molecular formula is C11H16N2O. The van der Waals surface area contributed by atoms with Gasteiger partial charge in [0.25, 0.3) is 0 Å². The van der Waals surface area contributed by atoms with Gasteiger partial charge in [-0.25, -0.2) is 0 Å². The number of rotatable bonds is 4. The number of primary amides is 1. The summed E-state index contributed by atoms with van der Waals surface area (Å²) >= 11 is 0. The molecule has 1 aromatic rings. The topological polar surface area (TPSA) is 46.3 Å². The quantitative estimate of drug-likeness (QED) is 0.778. The molecule has 0 saturated carbocycles. The number of aryl methyl sites for hydroxylation is 1. The van der Waals surface area contributed by atoms with E-state index in [-0.39, 0.29) is 12.5 Å². The third-order valence-corrected chi connectivity index (χ3v) is 2.18. The molecule has 2 N–H and O–H groups in total. The van der Waals surface area contributed by atoms with E-state index in [9.17, 15) is 4.79 Å². The molecule has 1 aromatic carbocycles. The lowest BCUT2D eigenvalue weighted by Crippen LogP contribution is -2.30. The van der Waals surface area contributed by atoms with E-state index in [4.69, 9.17) is 5.73 Å². The Balaban J connectivity index is 2.71. The maximum atomic E-state index is 10.7. The summed E-state index contributed by atoms with van der Waals surface area (Å²) < 4.78 is 0. The number of hydrogen-bond donors (Lipinski definition) is 1. The van der Waals surface area contributed by atoms with E-state index >= 15 is 0 Å². The van der Waals surface area contributed by atoms with Crippen molar-refractivity contribution in [2.24, 2.45) is 5.73 Å². The van der Waals surface area contributed by atoms with Crippen LogP contribution in [0.3, 0.4) is 0 Å². The molecule has 0 heterocycles. The first kappa shape index (κ1) is 10.6. The van der Waals surface area contributed by atoms with Crippen LogP contribution in [-0.4, -0.2) is 19.5 Å². The van der Waals surface area contributed by atoms with Crippen molar-refractivity contribution in [3.63, 3.8) is 0 Å². The Bertz CT molecular complexity index is 306. The summed E-state index contributed by atoms with van der Waals surface area (Å²) in [6.07, 6.45) is 1.03. The molecule has 0 aliphatic carbocycles. The summed E-state index contributed by atoms with van der Waals surface area (Å²) in [4.78, 5) is 12.5. The maximum Gasteiger partial charge on any atom is 0.236 e. The molecule has 1 rings (SSSR count). The van der Waals surface area contributed by atoms with Crippen LogP contribution in [0.5, 0.6) is 0 Å². The van der Waals surface area contributed by atoms with Crippen LogP contribution in [-0.2, 0) is 11.2 Å². The fourth-order valence-electron chi connectivity index (χ4n) is 1.31. The Labute approximate surface area is 84.5 Å². The van der Waals surface area contributed by atoms with Gasteiger partial charge in [-0.3, -0.25) is 4.79 Å². The fraction of sp³-hybridized carbons (Fsp3) is 0.364. The largest absolute Gasteiger partial charge is 0.368 e. The monoisotopic (exact) mass is 192 g/mol. The van der Waals surface area contributed by atoms with Crippen LogP contribution in [0.2, 0.25) is 0 Å². The van der Waals surface area contributed by atoms with E-state index in [2.05, 4.69) is 19.1 Å². The van der Waals surface area contributed by atoms with Crippen molar-refractivity contribution < 1.29 is 4.79 Å². The van der Waals surface area contributed by atoms with Crippen LogP contribution >= 0.6 is 0 Å². The minimum atomic E-state index is -0.313. The van der Waals surface area contributed by atoms with E-state index in [0.717, 1.165) is 12.1 Å². The summed E-state index contributed by atoms with van der Waals surface area (Å²) in [5, 5.41) is 0. The number of carbonyl (C=O) groups excluding carboxylic acids is 1. The zero-order valence-electron chi connectivity index (χ0n) is 8.66.